The summed E-state index contributed by atoms with van der Waals surface area (Å²) in [7, 11) is 1.70. The van der Waals surface area contributed by atoms with Gasteiger partial charge in [-0.05, 0) is 37.3 Å². The van der Waals surface area contributed by atoms with Gasteiger partial charge in [0.05, 0.1) is 24.1 Å². The zero-order chi connectivity index (χ0) is 19.8. The summed E-state index contributed by atoms with van der Waals surface area (Å²) in [6, 6.07) is 1.93. The zero-order valence-electron chi connectivity index (χ0n) is 16.8. The van der Waals surface area contributed by atoms with Crippen molar-refractivity contribution in [2.75, 3.05) is 13.7 Å². The minimum Gasteiger partial charge on any atom is -0.477 e. The molecule has 2 aromatic rings. The fourth-order valence-electron chi connectivity index (χ4n) is 2.78. The molecule has 2 rings (SSSR count). The van der Waals surface area contributed by atoms with E-state index in [0.717, 1.165) is 17.5 Å². The molecule has 144 valence electrons. The van der Waals surface area contributed by atoms with Gasteiger partial charge in [-0.25, -0.2) is 15.0 Å². The Labute approximate surface area is 161 Å². The zero-order valence-corrected chi connectivity index (χ0v) is 16.8. The van der Waals surface area contributed by atoms with Crippen molar-refractivity contribution in [1.29, 1.82) is 0 Å². The lowest BCUT2D eigenvalue weighted by molar-refractivity contribution is 0.232. The Morgan fingerprint density at radius 2 is 2.11 bits per heavy atom. The number of aliphatic imine (C=N–C) groups is 2. The molecule has 2 heterocycles. The summed E-state index contributed by atoms with van der Waals surface area (Å²) in [4.78, 5) is 17.1. The molecule has 0 saturated heterocycles. The molecular formula is C21H28N4O2. The minimum atomic E-state index is 0.433. The molecule has 2 aromatic heterocycles. The Bertz CT molecular complexity index is 808. The summed E-state index contributed by atoms with van der Waals surface area (Å²) >= 11 is 0. The summed E-state index contributed by atoms with van der Waals surface area (Å²) in [6.07, 6.45) is 7.55. The minimum absolute atomic E-state index is 0.433. The third-order valence-electron chi connectivity index (χ3n) is 4.02. The van der Waals surface area contributed by atoms with E-state index in [1.165, 1.54) is 6.39 Å². The number of nitrogens with zero attached hydrogens (tertiary/aromatic N) is 4. The lowest BCUT2D eigenvalue weighted by atomic mass is 10.00. The van der Waals surface area contributed by atoms with Crippen molar-refractivity contribution >= 4 is 11.5 Å². The Hall–Kier alpha value is -2.76. The molecule has 27 heavy (non-hydrogen) atoms. The van der Waals surface area contributed by atoms with Crippen molar-refractivity contribution in [3.8, 4) is 17.2 Å². The van der Waals surface area contributed by atoms with E-state index in [4.69, 9.17) is 9.15 Å². The summed E-state index contributed by atoms with van der Waals surface area (Å²) in [5.41, 5.74) is 2.23. The number of aromatic nitrogens is 2. The fraction of sp³-hybridized carbons (Fsp3) is 0.429. The monoisotopic (exact) mass is 368 g/mol. The van der Waals surface area contributed by atoms with E-state index in [1.54, 1.807) is 25.5 Å². The summed E-state index contributed by atoms with van der Waals surface area (Å²) in [6.45, 7) is 12.9. The maximum Gasteiger partial charge on any atom is 0.224 e. The molecule has 6 nitrogen and oxygen atoms in total. The van der Waals surface area contributed by atoms with Crippen LogP contribution in [0.5, 0.6) is 5.88 Å². The van der Waals surface area contributed by atoms with E-state index in [9.17, 15) is 0 Å². The Morgan fingerprint density at radius 1 is 1.33 bits per heavy atom. The smallest absolute Gasteiger partial charge is 0.224 e. The van der Waals surface area contributed by atoms with Crippen molar-refractivity contribution in [1.82, 2.24) is 9.97 Å². The van der Waals surface area contributed by atoms with Gasteiger partial charge in [-0.15, -0.1) is 0 Å². The van der Waals surface area contributed by atoms with Crippen molar-refractivity contribution in [2.24, 2.45) is 21.8 Å². The third kappa shape index (κ3) is 5.88. The molecule has 0 bridgehead atoms. The molecule has 1 atom stereocenters. The van der Waals surface area contributed by atoms with Crippen LogP contribution < -0.4 is 4.74 Å². The Kier molecular flexibility index (Phi) is 7.46. The molecule has 1 unspecified atom stereocenters. The van der Waals surface area contributed by atoms with Crippen LogP contribution in [0.25, 0.3) is 11.3 Å². The number of ether oxygens (including phenoxy) is 1. The first-order valence-electron chi connectivity index (χ1n) is 9.11. The van der Waals surface area contributed by atoms with Gasteiger partial charge in [0.15, 0.2) is 12.2 Å². The number of pyridine rings is 1. The van der Waals surface area contributed by atoms with Crippen LogP contribution in [-0.4, -0.2) is 35.2 Å². The number of oxazole rings is 1. The second kappa shape index (κ2) is 9.80. The number of amidine groups is 1. The Morgan fingerprint density at radius 3 is 2.70 bits per heavy atom. The molecule has 0 saturated carbocycles. The third-order valence-corrected chi connectivity index (χ3v) is 4.02. The topological polar surface area (TPSA) is 72.9 Å². The fourth-order valence-corrected chi connectivity index (χ4v) is 2.78. The highest BCUT2D eigenvalue weighted by atomic mass is 16.5. The van der Waals surface area contributed by atoms with Gasteiger partial charge in [0.25, 0.3) is 0 Å². The molecule has 0 aliphatic heterocycles. The van der Waals surface area contributed by atoms with Crippen LogP contribution in [0, 0.1) is 11.8 Å². The van der Waals surface area contributed by atoms with Crippen LogP contribution in [-0.2, 0) is 0 Å². The van der Waals surface area contributed by atoms with Gasteiger partial charge in [-0.3, -0.25) is 4.99 Å². The van der Waals surface area contributed by atoms with Crippen molar-refractivity contribution in [2.45, 2.75) is 34.1 Å². The molecule has 0 aliphatic rings. The molecule has 0 aromatic carbocycles. The summed E-state index contributed by atoms with van der Waals surface area (Å²) < 4.78 is 11.5. The van der Waals surface area contributed by atoms with E-state index >= 15 is 0 Å². The second-order valence-corrected chi connectivity index (χ2v) is 6.96. The van der Waals surface area contributed by atoms with Crippen LogP contribution in [0.15, 0.2) is 51.9 Å². The standard InChI is InChI=1S/C21H28N4O2/c1-7-19(25-16(5)22-6)17-9-18(20-11-23-13-27-20)21(24-10-17)26-12-15(4)8-14(2)3/h7,9-11,13-15H,1,8,12H2,2-6H3. The van der Waals surface area contributed by atoms with Gasteiger partial charge < -0.3 is 9.15 Å². The molecule has 0 N–H and O–H groups in total. The molecule has 0 fully saturated rings. The van der Waals surface area contributed by atoms with E-state index in [-0.39, 0.29) is 0 Å². The normalized spacial score (nSPS) is 13.7. The van der Waals surface area contributed by atoms with Crippen LogP contribution >= 0.6 is 0 Å². The second-order valence-electron chi connectivity index (χ2n) is 6.96. The maximum absolute atomic E-state index is 6.01. The van der Waals surface area contributed by atoms with Gasteiger partial charge >= 0.3 is 0 Å². The highest BCUT2D eigenvalue weighted by Crippen LogP contribution is 2.30. The van der Waals surface area contributed by atoms with Crippen LogP contribution in [0.1, 0.15) is 39.7 Å². The van der Waals surface area contributed by atoms with Gasteiger partial charge in [0.2, 0.25) is 5.88 Å². The van der Waals surface area contributed by atoms with Gasteiger partial charge in [-0.1, -0.05) is 27.4 Å². The van der Waals surface area contributed by atoms with Gasteiger partial charge in [0.1, 0.15) is 5.84 Å². The van der Waals surface area contributed by atoms with Crippen LogP contribution in [0.4, 0.5) is 0 Å². The molecule has 6 heteroatoms. The number of hydrogen-bond acceptors (Lipinski definition) is 5. The van der Waals surface area contributed by atoms with Crippen LogP contribution in [0.3, 0.4) is 0 Å². The van der Waals surface area contributed by atoms with E-state index in [2.05, 4.69) is 47.3 Å². The van der Waals surface area contributed by atoms with Crippen molar-refractivity contribution < 1.29 is 9.15 Å². The van der Waals surface area contributed by atoms with Gasteiger partial charge in [0, 0.05) is 18.8 Å². The van der Waals surface area contributed by atoms with E-state index in [0.29, 0.717) is 41.6 Å². The molecule has 0 aliphatic carbocycles. The maximum atomic E-state index is 6.01. The first kappa shape index (κ1) is 20.6. The Balaban J connectivity index is 2.36. The number of hydrogen-bond donors (Lipinski definition) is 0. The first-order chi connectivity index (χ1) is 12.9. The van der Waals surface area contributed by atoms with E-state index in [1.807, 2.05) is 13.0 Å². The summed E-state index contributed by atoms with van der Waals surface area (Å²) in [5, 5.41) is 0. The highest BCUT2D eigenvalue weighted by molar-refractivity contribution is 6.13. The van der Waals surface area contributed by atoms with Gasteiger partial charge in [-0.2, -0.15) is 0 Å². The first-order valence-corrected chi connectivity index (χ1v) is 9.11. The molecule has 0 spiro atoms. The highest BCUT2D eigenvalue weighted by Gasteiger charge is 2.16. The quantitative estimate of drug-likeness (QED) is 0.494. The van der Waals surface area contributed by atoms with Crippen molar-refractivity contribution in [3.05, 3.63) is 43.1 Å². The predicted octanol–water partition coefficient (Wildman–Crippen LogP) is 4.82. The average molecular weight is 368 g/mol. The lowest BCUT2D eigenvalue weighted by Crippen LogP contribution is -2.12. The van der Waals surface area contributed by atoms with Crippen LogP contribution in [0.2, 0.25) is 0 Å². The van der Waals surface area contributed by atoms with Crippen molar-refractivity contribution in [3.63, 3.8) is 0 Å². The van der Waals surface area contributed by atoms with E-state index < -0.39 is 0 Å². The largest absolute Gasteiger partial charge is 0.477 e. The predicted molar refractivity (Wildman–Crippen MR) is 110 cm³/mol. The lowest BCUT2D eigenvalue weighted by Gasteiger charge is -2.16. The average Bonchev–Trinajstić information content (AvgIpc) is 3.18. The molecule has 0 amide bonds. The number of rotatable bonds is 8. The summed E-state index contributed by atoms with van der Waals surface area (Å²) in [5.74, 6) is 2.84. The SMILES string of the molecule is C=CC(=NC(C)=NC)c1cnc(OCC(C)CC(C)C)c(-c2cnco2)c1. The number of allylic oxidation sites excluding steroid dienone is 1. The molecular weight excluding hydrogens is 340 g/mol. The molecule has 0 radical (unpaired) electrons.